The average Bonchev–Trinajstić information content (AvgIpc) is 2.70. The van der Waals surface area contributed by atoms with E-state index in [0.29, 0.717) is 11.7 Å². The van der Waals surface area contributed by atoms with Gasteiger partial charge in [-0.15, -0.1) is 0 Å². The van der Waals surface area contributed by atoms with Crippen LogP contribution < -0.4 is 0 Å². The number of aryl methyl sites for hydroxylation is 2. The maximum atomic E-state index is 10.5. The Labute approximate surface area is 170 Å². The van der Waals surface area contributed by atoms with Crippen molar-refractivity contribution in [2.45, 2.75) is 78.2 Å². The van der Waals surface area contributed by atoms with Crippen LogP contribution in [0.3, 0.4) is 0 Å². The summed E-state index contributed by atoms with van der Waals surface area (Å²) < 4.78 is 0. The van der Waals surface area contributed by atoms with Crippen molar-refractivity contribution in [1.82, 2.24) is 0 Å². The Hall–Kier alpha value is -2.06. The van der Waals surface area contributed by atoms with Crippen LogP contribution in [0.1, 0.15) is 86.6 Å². The fourth-order valence-corrected chi connectivity index (χ4v) is 3.66. The van der Waals surface area contributed by atoms with Crippen LogP contribution in [0.5, 0.6) is 5.75 Å². The minimum atomic E-state index is -0.724. The zero-order valence-electron chi connectivity index (χ0n) is 18.1. The number of phenols is 1. The normalized spacial score (nSPS) is 13.2. The molecule has 2 nitrogen and oxygen atoms in total. The first-order valence-corrected chi connectivity index (χ1v) is 10.6. The fourth-order valence-electron chi connectivity index (χ4n) is 3.66. The van der Waals surface area contributed by atoms with Gasteiger partial charge in [-0.2, -0.15) is 0 Å². The summed E-state index contributed by atoms with van der Waals surface area (Å²) in [5, 5.41) is 20.4. The topological polar surface area (TPSA) is 40.5 Å². The van der Waals surface area contributed by atoms with E-state index in [1.54, 1.807) is 0 Å². The highest BCUT2D eigenvalue weighted by Gasteiger charge is 2.18. The number of hydrogen-bond donors (Lipinski definition) is 2. The molecule has 0 aliphatic rings. The van der Waals surface area contributed by atoms with Crippen LogP contribution in [-0.2, 0) is 0 Å². The minimum Gasteiger partial charge on any atom is -0.508 e. The quantitative estimate of drug-likeness (QED) is 0.497. The highest BCUT2D eigenvalue weighted by molar-refractivity contribution is 5.56. The Morgan fingerprint density at radius 1 is 0.929 bits per heavy atom. The molecule has 1 unspecified atom stereocenters. The molecule has 0 spiro atoms. The third-order valence-corrected chi connectivity index (χ3v) is 5.96. The van der Waals surface area contributed by atoms with E-state index >= 15 is 0 Å². The van der Waals surface area contributed by atoms with Crippen LogP contribution in [0.4, 0.5) is 0 Å². The van der Waals surface area contributed by atoms with E-state index in [1.807, 2.05) is 32.9 Å². The first-order chi connectivity index (χ1) is 13.3. The molecule has 2 N–H and O–H groups in total. The van der Waals surface area contributed by atoms with Crippen LogP contribution in [0.2, 0.25) is 0 Å². The molecule has 2 aromatic carbocycles. The summed E-state index contributed by atoms with van der Waals surface area (Å²) in [4.78, 5) is 0. The van der Waals surface area contributed by atoms with Crippen molar-refractivity contribution in [3.05, 3.63) is 70.3 Å². The molecule has 0 heterocycles. The van der Waals surface area contributed by atoms with Gasteiger partial charge in [0.2, 0.25) is 0 Å². The highest BCUT2D eigenvalue weighted by atomic mass is 16.3. The Morgan fingerprint density at radius 2 is 1.54 bits per heavy atom. The molecule has 0 aliphatic carbocycles. The van der Waals surface area contributed by atoms with Gasteiger partial charge >= 0.3 is 0 Å². The van der Waals surface area contributed by atoms with Crippen LogP contribution in [0.15, 0.2) is 42.5 Å². The van der Waals surface area contributed by atoms with Gasteiger partial charge < -0.3 is 10.2 Å². The summed E-state index contributed by atoms with van der Waals surface area (Å²) in [6, 6.07) is 12.6. The summed E-state index contributed by atoms with van der Waals surface area (Å²) in [5.41, 5.74) is 5.15. The summed E-state index contributed by atoms with van der Waals surface area (Å²) in [7, 11) is 0. The van der Waals surface area contributed by atoms with E-state index in [-0.39, 0.29) is 0 Å². The number of hydrogen-bond acceptors (Lipinski definition) is 2. The molecule has 0 fully saturated rings. The predicted octanol–water partition coefficient (Wildman–Crippen LogP) is 6.90. The van der Waals surface area contributed by atoms with Crippen molar-refractivity contribution in [2.24, 2.45) is 0 Å². The number of rotatable bonds is 9. The summed E-state index contributed by atoms with van der Waals surface area (Å²) in [6.07, 6.45) is 8.86. The number of aromatic hydroxyl groups is 1. The largest absolute Gasteiger partial charge is 0.508 e. The lowest BCUT2D eigenvalue weighted by atomic mass is 9.85. The second kappa shape index (κ2) is 9.93. The lowest BCUT2D eigenvalue weighted by Crippen LogP contribution is -2.22. The van der Waals surface area contributed by atoms with Crippen molar-refractivity contribution in [2.75, 3.05) is 0 Å². The van der Waals surface area contributed by atoms with Gasteiger partial charge in [-0.1, -0.05) is 76.1 Å². The van der Waals surface area contributed by atoms with Crippen molar-refractivity contribution in [3.63, 3.8) is 0 Å². The number of unbranched alkanes of at least 4 members (excludes halogenated alkanes) is 1. The molecule has 152 valence electrons. The second-order valence-corrected chi connectivity index (χ2v) is 8.00. The minimum absolute atomic E-state index is 0.333. The number of phenolic OH excluding ortho intramolecular Hbond substituents is 1. The number of aliphatic hydroxyl groups is 1. The van der Waals surface area contributed by atoms with Crippen LogP contribution >= 0.6 is 0 Å². The first kappa shape index (κ1) is 22.2. The molecule has 2 aromatic rings. The summed E-state index contributed by atoms with van der Waals surface area (Å²) >= 11 is 0. The maximum Gasteiger partial charge on any atom is 0.118 e. The van der Waals surface area contributed by atoms with Gasteiger partial charge in [0.05, 0.1) is 5.60 Å². The summed E-state index contributed by atoms with van der Waals surface area (Å²) in [5.74, 6) is 0.688. The molecule has 1 atom stereocenters. The molecule has 0 aliphatic heterocycles. The van der Waals surface area contributed by atoms with Gasteiger partial charge in [0.1, 0.15) is 5.75 Å². The van der Waals surface area contributed by atoms with Gasteiger partial charge in [-0.3, -0.25) is 0 Å². The molecule has 0 saturated heterocycles. The van der Waals surface area contributed by atoms with E-state index in [1.165, 1.54) is 29.5 Å². The molecule has 2 rings (SSSR count). The molecule has 0 amide bonds. The molecular weight excluding hydrogens is 344 g/mol. The molecule has 28 heavy (non-hydrogen) atoms. The Balaban J connectivity index is 2.35. The van der Waals surface area contributed by atoms with Crippen LogP contribution in [0, 0.1) is 13.8 Å². The zero-order chi connectivity index (χ0) is 20.7. The molecular formula is C26H36O2. The zero-order valence-corrected chi connectivity index (χ0v) is 18.1. The van der Waals surface area contributed by atoms with Crippen molar-refractivity contribution >= 4 is 6.08 Å². The highest BCUT2D eigenvalue weighted by Crippen LogP contribution is 2.33. The summed E-state index contributed by atoms with van der Waals surface area (Å²) in [6.45, 7) is 10.3. The van der Waals surface area contributed by atoms with Gasteiger partial charge in [0.15, 0.2) is 0 Å². The maximum absolute atomic E-state index is 10.5. The van der Waals surface area contributed by atoms with E-state index < -0.39 is 5.60 Å². The molecule has 0 radical (unpaired) electrons. The smallest absolute Gasteiger partial charge is 0.118 e. The molecule has 2 heteroatoms. The third-order valence-electron chi connectivity index (χ3n) is 5.96. The SMILES string of the molecule is CCCCC(c1ccc(O)c(C)c1)c1ccc(C=CC(O)(CC)CC)c(C)c1. The molecule has 0 bridgehead atoms. The van der Waals surface area contributed by atoms with Crippen LogP contribution in [0.25, 0.3) is 6.08 Å². The van der Waals surface area contributed by atoms with E-state index in [0.717, 1.165) is 30.4 Å². The van der Waals surface area contributed by atoms with Crippen molar-refractivity contribution in [3.8, 4) is 5.75 Å². The Morgan fingerprint density at radius 3 is 2.07 bits per heavy atom. The van der Waals surface area contributed by atoms with Crippen molar-refractivity contribution < 1.29 is 10.2 Å². The van der Waals surface area contributed by atoms with Crippen LogP contribution in [-0.4, -0.2) is 15.8 Å². The Bertz CT molecular complexity index is 800. The van der Waals surface area contributed by atoms with Gasteiger partial charge in [0, 0.05) is 5.92 Å². The van der Waals surface area contributed by atoms with Gasteiger partial charge in [0.25, 0.3) is 0 Å². The third kappa shape index (κ3) is 5.48. The fraction of sp³-hybridized carbons (Fsp3) is 0.462. The lowest BCUT2D eigenvalue weighted by molar-refractivity contribution is 0.0836. The second-order valence-electron chi connectivity index (χ2n) is 8.00. The standard InChI is InChI=1S/C26H36O2/c1-6-9-10-24(23-13-14-25(27)20(5)18-23)22-12-11-21(19(4)17-22)15-16-26(28,7-2)8-3/h11-18,24,27-28H,6-10H2,1-5H3. The average molecular weight is 381 g/mol. The predicted molar refractivity (Wildman–Crippen MR) is 120 cm³/mol. The lowest BCUT2D eigenvalue weighted by Gasteiger charge is -2.21. The van der Waals surface area contributed by atoms with Gasteiger partial charge in [-0.05, 0) is 67.0 Å². The van der Waals surface area contributed by atoms with Crippen molar-refractivity contribution in [1.29, 1.82) is 0 Å². The van der Waals surface area contributed by atoms with Gasteiger partial charge in [-0.25, -0.2) is 0 Å². The van der Waals surface area contributed by atoms with E-state index in [9.17, 15) is 10.2 Å². The molecule has 0 saturated carbocycles. The van der Waals surface area contributed by atoms with E-state index in [4.69, 9.17) is 0 Å². The van der Waals surface area contributed by atoms with E-state index in [2.05, 4.69) is 50.3 Å². The Kier molecular flexibility index (Phi) is 7.88. The number of benzene rings is 2. The molecule has 0 aromatic heterocycles. The first-order valence-electron chi connectivity index (χ1n) is 10.6. The monoisotopic (exact) mass is 380 g/mol.